The normalized spacial score (nSPS) is 24.3. The van der Waals surface area contributed by atoms with E-state index in [1.807, 2.05) is 6.74 Å². The van der Waals surface area contributed by atoms with Gasteiger partial charge < -0.3 is 0 Å². The van der Waals surface area contributed by atoms with Crippen LogP contribution in [0.15, 0.2) is 23.3 Å². The molecule has 0 bridgehead atoms. The molecule has 0 aromatic rings. The first-order valence-electron chi connectivity index (χ1n) is 5.21. The fourth-order valence-corrected chi connectivity index (χ4v) is 24.1. The number of hydrogen-bond donors (Lipinski definition) is 2. The molecule has 0 unspecified atom stereocenters. The van der Waals surface area contributed by atoms with Gasteiger partial charge in [-0.2, -0.15) is 0 Å². The second-order valence-electron chi connectivity index (χ2n) is 3.42. The maximum absolute atomic E-state index is 4.50. The van der Waals surface area contributed by atoms with E-state index < -0.39 is 0 Å². The molecule has 0 saturated heterocycles. The van der Waals surface area contributed by atoms with E-state index in [9.17, 15) is 0 Å². The quantitative estimate of drug-likeness (QED) is 0.381. The minimum atomic E-state index is 0.628. The molecule has 98 valence electrons. The van der Waals surface area contributed by atoms with Crippen LogP contribution in [0.4, 0.5) is 0 Å². The summed E-state index contributed by atoms with van der Waals surface area (Å²) in [5.74, 6) is 4.60. The Morgan fingerprint density at radius 1 is 0.778 bits per heavy atom. The van der Waals surface area contributed by atoms with Gasteiger partial charge in [0, 0.05) is 0 Å². The molecule has 3 heterocycles. The molecular formula is C10H10S4Se4. The Morgan fingerprint density at radius 3 is 1.67 bits per heavy atom. The van der Waals surface area contributed by atoms with E-state index in [1.165, 1.54) is 11.5 Å². The molecule has 0 atom stereocenters. The number of thiol groups is 2. The van der Waals surface area contributed by atoms with Crippen molar-refractivity contribution in [1.29, 1.82) is 0 Å². The monoisotopic (exact) mass is 578 g/mol. The van der Waals surface area contributed by atoms with Crippen molar-refractivity contribution in [2.75, 3.05) is 23.0 Å². The molecule has 3 rings (SSSR count). The fourth-order valence-electron chi connectivity index (χ4n) is 1.48. The third kappa shape index (κ3) is 3.37. The van der Waals surface area contributed by atoms with Crippen molar-refractivity contribution < 1.29 is 0 Å². The molecule has 0 N–H and O–H groups in total. The fraction of sp³-hybridized carbons (Fsp3) is 0.400. The summed E-state index contributed by atoms with van der Waals surface area (Å²) in [5, 5.41) is 0. The molecular weight excluding hydrogens is 564 g/mol. The van der Waals surface area contributed by atoms with E-state index in [4.69, 9.17) is 0 Å². The van der Waals surface area contributed by atoms with Gasteiger partial charge >= 0.3 is 155 Å². The van der Waals surface area contributed by atoms with Crippen molar-refractivity contribution in [3.63, 3.8) is 0 Å². The zero-order valence-electron chi connectivity index (χ0n) is 9.17. The Labute approximate surface area is 153 Å². The van der Waals surface area contributed by atoms with Crippen LogP contribution in [0.2, 0.25) is 0 Å². The topological polar surface area (TPSA) is 0 Å². The Hall–Kier alpha value is 2.70. The van der Waals surface area contributed by atoms with E-state index in [-0.39, 0.29) is 0 Å². The van der Waals surface area contributed by atoms with Crippen LogP contribution < -0.4 is 0 Å². The van der Waals surface area contributed by atoms with Crippen LogP contribution in [0.3, 0.4) is 0 Å². The second-order valence-corrected chi connectivity index (χ2v) is 19.0. The molecule has 0 radical (unpaired) electrons. The molecule has 0 amide bonds. The first-order chi connectivity index (χ1) is 8.81. The number of rotatable bonds is 2. The summed E-state index contributed by atoms with van der Waals surface area (Å²) in [5.41, 5.74) is 0. The van der Waals surface area contributed by atoms with Gasteiger partial charge in [-0.3, -0.25) is 0 Å². The summed E-state index contributed by atoms with van der Waals surface area (Å²) < 4.78 is 10.6. The Kier molecular flexibility index (Phi) is 6.33. The van der Waals surface area contributed by atoms with Crippen LogP contribution in [-0.2, 0) is 0 Å². The average molecular weight is 574 g/mol. The summed E-state index contributed by atoms with van der Waals surface area (Å²) in [7, 11) is 0. The van der Waals surface area contributed by atoms with Gasteiger partial charge in [-0.15, -0.1) is 0 Å². The van der Waals surface area contributed by atoms with Crippen LogP contribution in [-0.4, -0.2) is 82.8 Å². The number of thioether (sulfide) groups is 2. The van der Waals surface area contributed by atoms with E-state index in [1.54, 1.807) is 16.6 Å². The van der Waals surface area contributed by atoms with Crippen molar-refractivity contribution in [3.8, 4) is 0 Å². The van der Waals surface area contributed by atoms with Gasteiger partial charge in [-0.05, 0) is 0 Å². The third-order valence-corrected chi connectivity index (χ3v) is 24.1. The van der Waals surface area contributed by atoms with Crippen molar-refractivity contribution in [2.45, 2.75) is 0 Å². The molecule has 0 spiro atoms. The van der Waals surface area contributed by atoms with Crippen LogP contribution in [0, 0.1) is 0 Å². The molecule has 8 heteroatoms. The van der Waals surface area contributed by atoms with Gasteiger partial charge in [0.15, 0.2) is 0 Å². The molecule has 3 aliphatic heterocycles. The predicted octanol–water partition coefficient (Wildman–Crippen LogP) is 1.63. The average Bonchev–Trinajstić information content (AvgIpc) is 3.01. The molecule has 0 nitrogen and oxygen atoms in total. The van der Waals surface area contributed by atoms with Crippen LogP contribution >= 0.6 is 48.8 Å². The van der Waals surface area contributed by atoms with Crippen molar-refractivity contribution in [3.05, 3.63) is 23.3 Å². The molecule has 0 saturated carbocycles. The Balaban J connectivity index is 1.76. The summed E-state index contributed by atoms with van der Waals surface area (Å²) in [6.45, 7) is 0. The number of hydrogen-bond acceptors (Lipinski definition) is 4. The zero-order valence-corrected chi connectivity index (χ0v) is 19.4. The van der Waals surface area contributed by atoms with Gasteiger partial charge in [0.25, 0.3) is 0 Å². The standard InChI is InChI=1S/C10H10S4Se4/c11-3-5-6(4-12)16-9(15-5)10-17-7-8(18-10)14-2-1-13-7/h11-12H,1-4H2. The van der Waals surface area contributed by atoms with Crippen molar-refractivity contribution >= 4 is 109 Å². The van der Waals surface area contributed by atoms with Gasteiger partial charge in [0.05, 0.1) is 0 Å². The summed E-state index contributed by atoms with van der Waals surface area (Å²) in [6.07, 6.45) is 0. The van der Waals surface area contributed by atoms with Crippen LogP contribution in [0.25, 0.3) is 0 Å². The predicted molar refractivity (Wildman–Crippen MR) is 96.7 cm³/mol. The summed E-state index contributed by atoms with van der Waals surface area (Å²) >= 11 is 15.9. The Bertz CT molecular complexity index is 406. The van der Waals surface area contributed by atoms with Crippen molar-refractivity contribution in [2.24, 2.45) is 0 Å². The van der Waals surface area contributed by atoms with E-state index in [0.29, 0.717) is 59.8 Å². The molecule has 0 aliphatic carbocycles. The summed E-state index contributed by atoms with van der Waals surface area (Å²) in [6, 6.07) is 0. The zero-order chi connectivity index (χ0) is 12.5. The summed E-state index contributed by atoms with van der Waals surface area (Å²) in [4.78, 5) is 0. The van der Waals surface area contributed by atoms with Gasteiger partial charge in [-0.1, -0.05) is 0 Å². The third-order valence-electron chi connectivity index (χ3n) is 2.28. The molecule has 3 aliphatic rings. The molecule has 0 fully saturated rings. The van der Waals surface area contributed by atoms with E-state index >= 15 is 0 Å². The Morgan fingerprint density at radius 2 is 1.22 bits per heavy atom. The van der Waals surface area contributed by atoms with E-state index in [2.05, 4.69) is 48.8 Å². The van der Waals surface area contributed by atoms with Gasteiger partial charge in [0.1, 0.15) is 0 Å². The maximum atomic E-state index is 4.50. The first kappa shape index (κ1) is 15.6. The minimum absolute atomic E-state index is 0.628. The molecule has 0 aromatic carbocycles. The van der Waals surface area contributed by atoms with Crippen LogP contribution in [0.5, 0.6) is 0 Å². The van der Waals surface area contributed by atoms with Crippen LogP contribution in [0.1, 0.15) is 0 Å². The molecule has 18 heavy (non-hydrogen) atoms. The molecule has 0 aromatic heterocycles. The van der Waals surface area contributed by atoms with Crippen molar-refractivity contribution in [1.82, 2.24) is 0 Å². The van der Waals surface area contributed by atoms with E-state index in [0.717, 1.165) is 11.5 Å². The SMILES string of the molecule is SCC1=C(CS)[Se]C(=C2[Se]C3=C(SCCS3)[Se]2)[Se]1. The van der Waals surface area contributed by atoms with Gasteiger partial charge in [0.2, 0.25) is 0 Å². The first-order valence-corrected chi connectivity index (χ1v) is 15.3. The second kappa shape index (κ2) is 7.31. The van der Waals surface area contributed by atoms with Gasteiger partial charge in [-0.25, -0.2) is 0 Å².